The van der Waals surface area contributed by atoms with Crippen molar-refractivity contribution in [1.29, 1.82) is 0 Å². The standard InChI is InChI=1S/C11H21NO4S/c1-7(2)10(11(13)14)12-8-5-4-6-9(8)17(3,15)16/h7-10,12H,4-6H2,1-3H3,(H,13,14). The molecular weight excluding hydrogens is 242 g/mol. The van der Waals surface area contributed by atoms with Crippen LogP contribution in [0.3, 0.4) is 0 Å². The molecule has 0 saturated heterocycles. The van der Waals surface area contributed by atoms with Crippen molar-refractivity contribution in [2.75, 3.05) is 6.26 Å². The zero-order chi connectivity index (χ0) is 13.2. The lowest BCUT2D eigenvalue weighted by Gasteiger charge is -2.26. The highest BCUT2D eigenvalue weighted by Crippen LogP contribution is 2.26. The van der Waals surface area contributed by atoms with Crippen LogP contribution in [0.2, 0.25) is 0 Å². The number of hydrogen-bond donors (Lipinski definition) is 2. The van der Waals surface area contributed by atoms with E-state index in [0.717, 1.165) is 12.8 Å². The predicted octanol–water partition coefficient (Wildman–Crippen LogP) is 0.651. The molecule has 6 heteroatoms. The van der Waals surface area contributed by atoms with Crippen LogP contribution in [-0.4, -0.2) is 43.1 Å². The maximum absolute atomic E-state index is 11.6. The van der Waals surface area contributed by atoms with E-state index in [1.165, 1.54) is 6.26 Å². The Morgan fingerprint density at radius 1 is 1.35 bits per heavy atom. The predicted molar refractivity (Wildman–Crippen MR) is 65.7 cm³/mol. The topological polar surface area (TPSA) is 83.5 Å². The first-order valence-corrected chi connectivity index (χ1v) is 7.86. The van der Waals surface area contributed by atoms with E-state index >= 15 is 0 Å². The van der Waals surface area contributed by atoms with E-state index < -0.39 is 27.1 Å². The van der Waals surface area contributed by atoms with Gasteiger partial charge in [-0.15, -0.1) is 0 Å². The highest BCUT2D eigenvalue weighted by Gasteiger charge is 2.37. The van der Waals surface area contributed by atoms with E-state index in [-0.39, 0.29) is 12.0 Å². The summed E-state index contributed by atoms with van der Waals surface area (Å²) in [6.45, 7) is 3.63. The van der Waals surface area contributed by atoms with Crippen LogP contribution in [-0.2, 0) is 14.6 Å². The van der Waals surface area contributed by atoms with Gasteiger partial charge in [0, 0.05) is 12.3 Å². The molecule has 0 amide bonds. The number of nitrogens with one attached hydrogen (secondary N) is 1. The second kappa shape index (κ2) is 5.35. The number of carboxylic acid groups (broad SMARTS) is 1. The summed E-state index contributed by atoms with van der Waals surface area (Å²) in [5, 5.41) is 11.6. The fraction of sp³-hybridized carbons (Fsp3) is 0.909. The third-order valence-corrected chi connectivity index (χ3v) is 4.99. The van der Waals surface area contributed by atoms with Gasteiger partial charge in [0.2, 0.25) is 0 Å². The van der Waals surface area contributed by atoms with Crippen molar-refractivity contribution in [3.8, 4) is 0 Å². The second-order valence-corrected chi connectivity index (χ2v) is 7.40. The fourth-order valence-electron chi connectivity index (χ4n) is 2.41. The molecule has 0 spiro atoms. The van der Waals surface area contributed by atoms with Crippen molar-refractivity contribution in [2.45, 2.75) is 50.4 Å². The Balaban J connectivity index is 2.76. The van der Waals surface area contributed by atoms with Gasteiger partial charge in [0.15, 0.2) is 9.84 Å². The minimum Gasteiger partial charge on any atom is -0.480 e. The van der Waals surface area contributed by atoms with Crippen LogP contribution in [0.1, 0.15) is 33.1 Å². The molecule has 1 aliphatic rings. The molecule has 0 aromatic heterocycles. The summed E-state index contributed by atoms with van der Waals surface area (Å²) in [4.78, 5) is 11.1. The maximum Gasteiger partial charge on any atom is 0.320 e. The van der Waals surface area contributed by atoms with Crippen LogP contribution in [0.25, 0.3) is 0 Å². The first kappa shape index (κ1) is 14.4. The number of rotatable bonds is 5. The van der Waals surface area contributed by atoms with E-state index in [4.69, 9.17) is 5.11 Å². The number of hydrogen-bond acceptors (Lipinski definition) is 4. The van der Waals surface area contributed by atoms with Gasteiger partial charge in [0.05, 0.1) is 5.25 Å². The molecule has 1 saturated carbocycles. The largest absolute Gasteiger partial charge is 0.480 e. The van der Waals surface area contributed by atoms with Gasteiger partial charge in [0.1, 0.15) is 6.04 Å². The van der Waals surface area contributed by atoms with Crippen LogP contribution in [0, 0.1) is 5.92 Å². The van der Waals surface area contributed by atoms with Gasteiger partial charge >= 0.3 is 5.97 Å². The Labute approximate surface area is 103 Å². The Morgan fingerprint density at radius 3 is 2.35 bits per heavy atom. The molecule has 0 radical (unpaired) electrons. The van der Waals surface area contributed by atoms with E-state index in [2.05, 4.69) is 5.32 Å². The van der Waals surface area contributed by atoms with E-state index in [1.54, 1.807) is 0 Å². The third kappa shape index (κ3) is 3.67. The zero-order valence-electron chi connectivity index (χ0n) is 10.5. The zero-order valence-corrected chi connectivity index (χ0v) is 11.3. The summed E-state index contributed by atoms with van der Waals surface area (Å²) >= 11 is 0. The Morgan fingerprint density at radius 2 is 1.94 bits per heavy atom. The minimum atomic E-state index is -3.10. The minimum absolute atomic E-state index is 0.0617. The molecular formula is C11H21NO4S. The molecule has 3 atom stereocenters. The van der Waals surface area contributed by atoms with Crippen molar-refractivity contribution < 1.29 is 18.3 Å². The van der Waals surface area contributed by atoms with Crippen molar-refractivity contribution in [3.63, 3.8) is 0 Å². The smallest absolute Gasteiger partial charge is 0.320 e. The van der Waals surface area contributed by atoms with Crippen molar-refractivity contribution in [3.05, 3.63) is 0 Å². The first-order chi connectivity index (χ1) is 7.73. The highest BCUT2D eigenvalue weighted by molar-refractivity contribution is 7.91. The van der Waals surface area contributed by atoms with Gasteiger partial charge in [-0.1, -0.05) is 20.3 Å². The van der Waals surface area contributed by atoms with Gasteiger partial charge in [-0.2, -0.15) is 0 Å². The molecule has 0 bridgehead atoms. The summed E-state index contributed by atoms with van der Waals surface area (Å²) in [5.74, 6) is -0.979. The number of sulfone groups is 1. The molecule has 2 N–H and O–H groups in total. The Hall–Kier alpha value is -0.620. The average molecular weight is 263 g/mol. The van der Waals surface area contributed by atoms with Crippen LogP contribution < -0.4 is 5.32 Å². The van der Waals surface area contributed by atoms with Crippen molar-refractivity contribution in [2.24, 2.45) is 5.92 Å². The summed E-state index contributed by atoms with van der Waals surface area (Å²) in [6, 6.07) is -0.907. The summed E-state index contributed by atoms with van der Waals surface area (Å²) in [7, 11) is -3.10. The van der Waals surface area contributed by atoms with Crippen LogP contribution in [0.15, 0.2) is 0 Å². The lowest BCUT2D eigenvalue weighted by molar-refractivity contribution is -0.140. The van der Waals surface area contributed by atoms with Crippen molar-refractivity contribution in [1.82, 2.24) is 5.32 Å². The molecule has 17 heavy (non-hydrogen) atoms. The number of carbonyl (C=O) groups is 1. The monoisotopic (exact) mass is 263 g/mol. The SMILES string of the molecule is CC(C)C(NC1CCCC1S(C)(=O)=O)C(=O)O. The van der Waals surface area contributed by atoms with E-state index in [0.29, 0.717) is 6.42 Å². The molecule has 0 heterocycles. The molecule has 1 fully saturated rings. The lowest BCUT2D eigenvalue weighted by atomic mass is 10.0. The van der Waals surface area contributed by atoms with Crippen LogP contribution in [0.5, 0.6) is 0 Å². The first-order valence-electron chi connectivity index (χ1n) is 5.91. The quantitative estimate of drug-likeness (QED) is 0.761. The summed E-state index contributed by atoms with van der Waals surface area (Å²) < 4.78 is 23.2. The van der Waals surface area contributed by atoms with Gasteiger partial charge in [-0.25, -0.2) is 8.42 Å². The Kier molecular flexibility index (Phi) is 4.55. The van der Waals surface area contributed by atoms with E-state index in [9.17, 15) is 13.2 Å². The van der Waals surface area contributed by atoms with Gasteiger partial charge < -0.3 is 10.4 Å². The fourth-order valence-corrected chi connectivity index (χ4v) is 3.81. The van der Waals surface area contributed by atoms with Gasteiger partial charge in [-0.3, -0.25) is 4.79 Å². The maximum atomic E-state index is 11.6. The molecule has 0 aromatic carbocycles. The second-order valence-electron chi connectivity index (χ2n) is 5.13. The Bertz CT molecular complexity index is 377. The van der Waals surface area contributed by atoms with Gasteiger partial charge in [-0.05, 0) is 18.8 Å². The average Bonchev–Trinajstić information content (AvgIpc) is 2.59. The highest BCUT2D eigenvalue weighted by atomic mass is 32.2. The summed E-state index contributed by atoms with van der Waals surface area (Å²) in [5.41, 5.74) is 0. The number of carboxylic acids is 1. The normalized spacial score (nSPS) is 27.3. The summed E-state index contributed by atoms with van der Waals surface area (Å²) in [6.07, 6.45) is 3.41. The van der Waals surface area contributed by atoms with Crippen molar-refractivity contribution >= 4 is 15.8 Å². The van der Waals surface area contributed by atoms with Crippen LogP contribution >= 0.6 is 0 Å². The molecule has 0 aliphatic heterocycles. The molecule has 1 aliphatic carbocycles. The molecule has 100 valence electrons. The number of aliphatic carboxylic acids is 1. The lowest BCUT2D eigenvalue weighted by Crippen LogP contribution is -2.50. The molecule has 5 nitrogen and oxygen atoms in total. The molecule has 1 rings (SSSR count). The van der Waals surface area contributed by atoms with Crippen LogP contribution in [0.4, 0.5) is 0 Å². The molecule has 0 aromatic rings. The molecule has 3 unspecified atom stereocenters. The van der Waals surface area contributed by atoms with E-state index in [1.807, 2.05) is 13.8 Å². The van der Waals surface area contributed by atoms with Gasteiger partial charge in [0.25, 0.3) is 0 Å². The third-order valence-electron chi connectivity index (χ3n) is 3.33.